The zero-order valence-corrected chi connectivity index (χ0v) is 25.7. The van der Waals surface area contributed by atoms with Gasteiger partial charge in [0.1, 0.15) is 24.3 Å². The van der Waals surface area contributed by atoms with E-state index in [9.17, 15) is 14.9 Å². The van der Waals surface area contributed by atoms with Crippen LogP contribution in [0.2, 0.25) is 0 Å². The van der Waals surface area contributed by atoms with Crippen LogP contribution in [0.5, 0.6) is 0 Å². The molecule has 0 atom stereocenters. The fraction of sp³-hybridized carbons (Fsp3) is 0.441. The number of esters is 1. The first kappa shape index (κ1) is 31.1. The number of aromatic nitrogens is 4. The minimum absolute atomic E-state index is 0.0195. The van der Waals surface area contributed by atoms with E-state index < -0.39 is 17.4 Å². The predicted octanol–water partition coefficient (Wildman–Crippen LogP) is 5.87. The van der Waals surface area contributed by atoms with Gasteiger partial charge in [0.15, 0.2) is 0 Å². The molecule has 0 radical (unpaired) electrons. The summed E-state index contributed by atoms with van der Waals surface area (Å²) in [6.45, 7) is 7.73. The number of fused-ring (bicyclic) bond motifs is 1. The standard InChI is InChI=1S/C34H38FN5O4/c1-5-10-29-27(19-24-13-14-26(28(20-36)31(24)35)23-11-8-7-9-12-23)32(42)39(33-37-22(3)38-40(29)33)25-15-17-34(4,18-16-25)44-21-30(41)43-6-2/h7-9,11-14,25H,5-6,10,15-19,21H2,1-4H3. The van der Waals surface area contributed by atoms with E-state index in [1.165, 1.54) is 0 Å². The number of carbonyl (C=O) groups is 1. The Kier molecular flexibility index (Phi) is 9.25. The molecular formula is C34H38FN5O4. The van der Waals surface area contributed by atoms with Gasteiger partial charge in [-0.1, -0.05) is 55.8 Å². The molecule has 0 amide bonds. The molecule has 2 aromatic carbocycles. The van der Waals surface area contributed by atoms with Gasteiger partial charge >= 0.3 is 5.97 Å². The van der Waals surface area contributed by atoms with Crippen molar-refractivity contribution in [2.75, 3.05) is 13.2 Å². The van der Waals surface area contributed by atoms with Gasteiger partial charge in [0.05, 0.1) is 23.5 Å². The molecule has 4 aromatic rings. The predicted molar refractivity (Wildman–Crippen MR) is 164 cm³/mol. The van der Waals surface area contributed by atoms with Crippen LogP contribution in [0.1, 0.15) is 87.1 Å². The van der Waals surface area contributed by atoms with Gasteiger partial charge in [-0.3, -0.25) is 9.36 Å². The van der Waals surface area contributed by atoms with E-state index in [1.54, 1.807) is 35.1 Å². The van der Waals surface area contributed by atoms with E-state index in [-0.39, 0.29) is 35.8 Å². The van der Waals surface area contributed by atoms with Crippen LogP contribution >= 0.6 is 0 Å². The molecule has 1 saturated carbocycles. The Labute approximate surface area is 256 Å². The van der Waals surface area contributed by atoms with Crippen LogP contribution in [-0.4, -0.2) is 43.9 Å². The Balaban J connectivity index is 1.54. The lowest BCUT2D eigenvalue weighted by atomic mass is 9.83. The largest absolute Gasteiger partial charge is 0.464 e. The van der Waals surface area contributed by atoms with Gasteiger partial charge in [0.2, 0.25) is 5.78 Å². The SMILES string of the molecule is CCCc1c(Cc2ccc(-c3ccccc3)c(C#N)c2F)c(=O)n(C2CCC(C)(OCC(=O)OCC)CC2)c2nc(C)nn12. The van der Waals surface area contributed by atoms with E-state index in [2.05, 4.69) is 10.1 Å². The van der Waals surface area contributed by atoms with Crippen molar-refractivity contribution in [1.29, 1.82) is 5.26 Å². The first-order valence-corrected chi connectivity index (χ1v) is 15.3. The van der Waals surface area contributed by atoms with Crippen molar-refractivity contribution in [3.63, 3.8) is 0 Å². The van der Waals surface area contributed by atoms with Crippen molar-refractivity contribution in [1.82, 2.24) is 19.2 Å². The molecule has 1 fully saturated rings. The maximum Gasteiger partial charge on any atom is 0.332 e. The highest BCUT2D eigenvalue weighted by atomic mass is 19.1. The lowest BCUT2D eigenvalue weighted by Crippen LogP contribution is -2.40. The van der Waals surface area contributed by atoms with E-state index >= 15 is 4.39 Å². The molecule has 10 heteroatoms. The first-order valence-electron chi connectivity index (χ1n) is 15.3. The Morgan fingerprint density at radius 3 is 2.55 bits per heavy atom. The zero-order chi connectivity index (χ0) is 31.4. The van der Waals surface area contributed by atoms with Gasteiger partial charge in [-0.15, -0.1) is 0 Å². The van der Waals surface area contributed by atoms with Crippen LogP contribution in [0, 0.1) is 24.1 Å². The van der Waals surface area contributed by atoms with Gasteiger partial charge in [-0.05, 0) is 64.0 Å². The molecule has 1 aliphatic carbocycles. The zero-order valence-electron chi connectivity index (χ0n) is 25.7. The Morgan fingerprint density at radius 1 is 1.16 bits per heavy atom. The summed E-state index contributed by atoms with van der Waals surface area (Å²) in [7, 11) is 0. The molecule has 0 bridgehead atoms. The number of nitriles is 1. The normalized spacial score (nSPS) is 18.3. The second kappa shape index (κ2) is 13.1. The number of nitrogens with zero attached hydrogens (tertiary/aromatic N) is 5. The van der Waals surface area contributed by atoms with Crippen LogP contribution in [0.4, 0.5) is 4.39 Å². The molecule has 2 aromatic heterocycles. The summed E-state index contributed by atoms with van der Waals surface area (Å²) in [5.74, 6) is -0.00801. The molecule has 5 rings (SSSR count). The van der Waals surface area contributed by atoms with Crippen molar-refractivity contribution in [2.45, 2.75) is 84.3 Å². The van der Waals surface area contributed by atoms with E-state index in [4.69, 9.17) is 9.47 Å². The second-order valence-corrected chi connectivity index (χ2v) is 11.6. The highest BCUT2D eigenvalue weighted by Crippen LogP contribution is 2.37. The number of hydrogen-bond acceptors (Lipinski definition) is 7. The fourth-order valence-electron chi connectivity index (χ4n) is 6.19. The lowest BCUT2D eigenvalue weighted by molar-refractivity contribution is -0.157. The van der Waals surface area contributed by atoms with Crippen molar-refractivity contribution in [2.24, 2.45) is 0 Å². The molecule has 2 heterocycles. The van der Waals surface area contributed by atoms with E-state index in [1.807, 2.05) is 50.2 Å². The Hall–Kier alpha value is -4.36. The monoisotopic (exact) mass is 599 g/mol. The highest BCUT2D eigenvalue weighted by Gasteiger charge is 2.35. The van der Waals surface area contributed by atoms with Gasteiger partial charge < -0.3 is 9.47 Å². The fourth-order valence-corrected chi connectivity index (χ4v) is 6.19. The van der Waals surface area contributed by atoms with Crippen LogP contribution in [0.15, 0.2) is 47.3 Å². The molecule has 0 N–H and O–H groups in total. The number of ether oxygens (including phenoxy) is 2. The Bertz CT molecular complexity index is 1760. The molecule has 0 saturated heterocycles. The van der Waals surface area contributed by atoms with E-state index in [0.29, 0.717) is 67.1 Å². The minimum atomic E-state index is -0.621. The van der Waals surface area contributed by atoms with Crippen molar-refractivity contribution < 1.29 is 18.7 Å². The topological polar surface area (TPSA) is 112 Å². The number of rotatable bonds is 10. The van der Waals surface area contributed by atoms with Gasteiger partial charge in [-0.25, -0.2) is 13.7 Å². The van der Waals surface area contributed by atoms with E-state index in [0.717, 1.165) is 12.0 Å². The molecule has 44 heavy (non-hydrogen) atoms. The summed E-state index contributed by atoms with van der Waals surface area (Å²) in [5, 5.41) is 14.6. The molecule has 0 aliphatic heterocycles. The molecule has 9 nitrogen and oxygen atoms in total. The number of hydrogen-bond donors (Lipinski definition) is 0. The third-order valence-electron chi connectivity index (χ3n) is 8.49. The molecule has 230 valence electrons. The first-order chi connectivity index (χ1) is 21.2. The number of carbonyl (C=O) groups excluding carboxylic acids is 1. The number of benzene rings is 2. The second-order valence-electron chi connectivity index (χ2n) is 11.6. The minimum Gasteiger partial charge on any atom is -0.464 e. The number of halogens is 1. The highest BCUT2D eigenvalue weighted by molar-refractivity contribution is 5.71. The van der Waals surface area contributed by atoms with Crippen molar-refractivity contribution in [3.8, 4) is 17.2 Å². The lowest BCUT2D eigenvalue weighted by Gasteiger charge is -2.37. The van der Waals surface area contributed by atoms with Crippen LogP contribution in [-0.2, 0) is 27.1 Å². The van der Waals surface area contributed by atoms with Gasteiger partial charge in [0, 0.05) is 23.6 Å². The smallest absolute Gasteiger partial charge is 0.332 e. The third-order valence-corrected chi connectivity index (χ3v) is 8.49. The molecule has 0 spiro atoms. The molecular weight excluding hydrogens is 561 g/mol. The summed E-state index contributed by atoms with van der Waals surface area (Å²) < 4.78 is 30.4. The molecule has 1 aliphatic rings. The van der Waals surface area contributed by atoms with Crippen LogP contribution < -0.4 is 5.56 Å². The van der Waals surface area contributed by atoms with Crippen LogP contribution in [0.3, 0.4) is 0 Å². The van der Waals surface area contributed by atoms with Crippen molar-refractivity contribution in [3.05, 3.63) is 86.8 Å². The Morgan fingerprint density at radius 2 is 1.89 bits per heavy atom. The summed E-state index contributed by atoms with van der Waals surface area (Å²) >= 11 is 0. The summed E-state index contributed by atoms with van der Waals surface area (Å²) in [6, 6.07) is 14.5. The summed E-state index contributed by atoms with van der Waals surface area (Å²) in [6.07, 6.45) is 3.86. The average molecular weight is 600 g/mol. The number of aryl methyl sites for hydroxylation is 2. The maximum absolute atomic E-state index is 16.0. The van der Waals surface area contributed by atoms with Gasteiger partial charge in [-0.2, -0.15) is 15.3 Å². The molecule has 0 unspecified atom stereocenters. The van der Waals surface area contributed by atoms with Crippen LogP contribution in [0.25, 0.3) is 16.9 Å². The summed E-state index contributed by atoms with van der Waals surface area (Å²) in [4.78, 5) is 30.9. The summed E-state index contributed by atoms with van der Waals surface area (Å²) in [5.41, 5.74) is 1.91. The average Bonchev–Trinajstić information content (AvgIpc) is 3.41. The maximum atomic E-state index is 16.0. The third kappa shape index (κ3) is 6.15. The quantitative estimate of drug-likeness (QED) is 0.210. The van der Waals surface area contributed by atoms with Gasteiger partial charge in [0.25, 0.3) is 5.56 Å². The van der Waals surface area contributed by atoms with Crippen molar-refractivity contribution >= 4 is 11.7 Å².